The molecule has 0 amide bonds. The number of aliphatic carboxylic acids is 1. The predicted molar refractivity (Wildman–Crippen MR) is 49.6 cm³/mol. The summed E-state index contributed by atoms with van der Waals surface area (Å²) >= 11 is 0. The Morgan fingerprint density at radius 3 is 2.25 bits per heavy atom. The van der Waals surface area contributed by atoms with Gasteiger partial charge in [0.1, 0.15) is 6.04 Å². The molecule has 0 aromatic heterocycles. The summed E-state index contributed by atoms with van der Waals surface area (Å²) in [7, 11) is 0. The topological polar surface area (TPSA) is 63.3 Å². The molecule has 1 unspecified atom stereocenters. The quantitative estimate of drug-likeness (QED) is 0.642. The molecular weight excluding hydrogens is 182 g/mol. The zero-order chi connectivity index (χ0) is 8.27. The minimum atomic E-state index is -1.00. The Kier molecular flexibility index (Phi) is 5.50. The summed E-state index contributed by atoms with van der Waals surface area (Å²) in [6.45, 7) is 0. The van der Waals surface area contributed by atoms with Gasteiger partial charge in [0.2, 0.25) is 0 Å². The van der Waals surface area contributed by atoms with Crippen LogP contribution in [0.15, 0.2) is 30.3 Å². The van der Waals surface area contributed by atoms with Gasteiger partial charge in [-0.05, 0) is 5.56 Å². The maximum atomic E-state index is 10.4. The zero-order valence-corrected chi connectivity index (χ0v) is 5.90. The average molecular weight is 193 g/mol. The fourth-order valence-corrected chi connectivity index (χ4v) is 0.803. The second-order valence-corrected chi connectivity index (χ2v) is 2.23. The van der Waals surface area contributed by atoms with Crippen LogP contribution in [0.5, 0.6) is 0 Å². The molecule has 12 heavy (non-hydrogen) atoms. The summed E-state index contributed by atoms with van der Waals surface area (Å²) in [5.41, 5.74) is 5.96. The van der Waals surface area contributed by atoms with Crippen molar-refractivity contribution >= 4 is 43.7 Å². The fourth-order valence-electron chi connectivity index (χ4n) is 0.803. The number of carboxylic acids is 1. The number of carbonyl (C=O) groups is 1. The predicted octanol–water partition coefficient (Wildman–Crippen LogP) is -0.145. The molecule has 0 saturated heterocycles. The van der Waals surface area contributed by atoms with Crippen LogP contribution in [-0.2, 0) is 4.79 Å². The van der Waals surface area contributed by atoms with Crippen molar-refractivity contribution in [1.82, 2.24) is 0 Å². The van der Waals surface area contributed by atoms with Crippen molar-refractivity contribution in [3.63, 3.8) is 0 Å². The Balaban J connectivity index is 0.00000121. The van der Waals surface area contributed by atoms with Crippen LogP contribution in [-0.4, -0.2) is 48.8 Å². The van der Waals surface area contributed by atoms with E-state index in [1.807, 2.05) is 6.07 Å². The number of hydrogen-bond acceptors (Lipinski definition) is 2. The van der Waals surface area contributed by atoms with Crippen molar-refractivity contribution in [2.75, 3.05) is 0 Å². The molecule has 0 spiro atoms. The summed E-state index contributed by atoms with van der Waals surface area (Å²) in [4.78, 5) is 10.4. The number of rotatable bonds is 2. The summed E-state index contributed by atoms with van der Waals surface area (Å²) in [5.74, 6) is -1.00. The second-order valence-electron chi connectivity index (χ2n) is 2.23. The Morgan fingerprint density at radius 1 is 1.33 bits per heavy atom. The molecular formula is C8H11CaNO2. The number of hydrogen-bond donors (Lipinski definition) is 2. The van der Waals surface area contributed by atoms with Gasteiger partial charge in [0, 0.05) is 0 Å². The van der Waals surface area contributed by atoms with E-state index in [1.165, 1.54) is 0 Å². The van der Waals surface area contributed by atoms with Gasteiger partial charge in [-0.2, -0.15) is 0 Å². The first-order valence-corrected chi connectivity index (χ1v) is 3.25. The van der Waals surface area contributed by atoms with E-state index >= 15 is 0 Å². The Hall–Kier alpha value is -0.0903. The molecule has 0 radical (unpaired) electrons. The molecule has 1 atom stereocenters. The SMILES string of the molecule is NC(C(=O)O)c1ccccc1.[CaH2]. The first-order valence-electron chi connectivity index (χ1n) is 3.25. The van der Waals surface area contributed by atoms with Crippen LogP contribution in [0.4, 0.5) is 0 Å². The van der Waals surface area contributed by atoms with Crippen LogP contribution in [0, 0.1) is 0 Å². The van der Waals surface area contributed by atoms with Gasteiger partial charge in [0.05, 0.1) is 0 Å². The molecule has 62 valence electrons. The van der Waals surface area contributed by atoms with E-state index in [2.05, 4.69) is 0 Å². The van der Waals surface area contributed by atoms with Crippen molar-refractivity contribution in [2.45, 2.75) is 6.04 Å². The van der Waals surface area contributed by atoms with Crippen LogP contribution < -0.4 is 5.73 Å². The normalized spacial score (nSPS) is 11.4. The van der Waals surface area contributed by atoms with E-state index in [4.69, 9.17) is 10.8 Å². The maximum absolute atomic E-state index is 10.4. The van der Waals surface area contributed by atoms with Gasteiger partial charge in [0.25, 0.3) is 0 Å². The first-order chi connectivity index (χ1) is 5.22. The molecule has 3 N–H and O–H groups in total. The van der Waals surface area contributed by atoms with Crippen molar-refractivity contribution in [1.29, 1.82) is 0 Å². The number of carboxylic acid groups (broad SMARTS) is 1. The molecule has 3 nitrogen and oxygen atoms in total. The van der Waals surface area contributed by atoms with Crippen molar-refractivity contribution < 1.29 is 9.90 Å². The number of benzene rings is 1. The Bertz CT molecular complexity index is 250. The van der Waals surface area contributed by atoms with Crippen LogP contribution in [0.2, 0.25) is 0 Å². The monoisotopic (exact) mass is 193 g/mol. The van der Waals surface area contributed by atoms with Gasteiger partial charge < -0.3 is 10.8 Å². The molecule has 0 aliphatic rings. The van der Waals surface area contributed by atoms with Gasteiger partial charge in [-0.15, -0.1) is 0 Å². The van der Waals surface area contributed by atoms with Gasteiger partial charge in [0.15, 0.2) is 0 Å². The Morgan fingerprint density at radius 2 is 1.83 bits per heavy atom. The van der Waals surface area contributed by atoms with Crippen molar-refractivity contribution in [3.05, 3.63) is 35.9 Å². The summed E-state index contributed by atoms with van der Waals surface area (Å²) < 4.78 is 0. The summed E-state index contributed by atoms with van der Waals surface area (Å²) in [6.07, 6.45) is 0. The van der Waals surface area contributed by atoms with Crippen LogP contribution in [0.3, 0.4) is 0 Å². The van der Waals surface area contributed by atoms with E-state index in [1.54, 1.807) is 24.3 Å². The van der Waals surface area contributed by atoms with Gasteiger partial charge in [-0.1, -0.05) is 30.3 Å². The third-order valence-corrected chi connectivity index (χ3v) is 1.42. The van der Waals surface area contributed by atoms with E-state index < -0.39 is 12.0 Å². The third kappa shape index (κ3) is 3.11. The average Bonchev–Trinajstić information content (AvgIpc) is 2.05. The Labute approximate surface area is 101 Å². The molecule has 1 aromatic carbocycles. The van der Waals surface area contributed by atoms with Gasteiger partial charge >= 0.3 is 43.7 Å². The van der Waals surface area contributed by atoms with Crippen LogP contribution >= 0.6 is 0 Å². The zero-order valence-electron chi connectivity index (χ0n) is 5.90. The van der Waals surface area contributed by atoms with E-state index in [0.717, 1.165) is 0 Å². The molecule has 1 aromatic rings. The van der Waals surface area contributed by atoms with E-state index in [9.17, 15) is 4.79 Å². The van der Waals surface area contributed by atoms with Crippen molar-refractivity contribution in [3.8, 4) is 0 Å². The van der Waals surface area contributed by atoms with Crippen LogP contribution in [0.25, 0.3) is 0 Å². The van der Waals surface area contributed by atoms with Crippen molar-refractivity contribution in [2.24, 2.45) is 5.73 Å². The number of nitrogens with two attached hydrogens (primary N) is 1. The fraction of sp³-hybridized carbons (Fsp3) is 0.125. The van der Waals surface area contributed by atoms with E-state index in [-0.39, 0.29) is 37.7 Å². The standard InChI is InChI=1S/C8H9NO2.Ca.2H/c9-7(8(10)11)6-4-2-1-3-5-6;;;/h1-5,7H,9H2,(H,10,11);;;. The van der Waals surface area contributed by atoms with E-state index in [0.29, 0.717) is 5.56 Å². The molecule has 4 heteroatoms. The molecule has 1 rings (SSSR count). The third-order valence-electron chi connectivity index (χ3n) is 1.42. The molecule has 0 bridgehead atoms. The molecule has 0 aliphatic carbocycles. The second kappa shape index (κ2) is 5.54. The summed E-state index contributed by atoms with van der Waals surface area (Å²) in [6, 6.07) is 7.82. The molecule has 0 heterocycles. The van der Waals surface area contributed by atoms with Gasteiger partial charge in [-0.25, -0.2) is 0 Å². The molecule has 0 aliphatic heterocycles. The minimum absolute atomic E-state index is 0. The molecule has 0 fully saturated rings. The summed E-state index contributed by atoms with van der Waals surface area (Å²) in [5, 5.41) is 8.51. The molecule has 0 saturated carbocycles. The van der Waals surface area contributed by atoms with Crippen LogP contribution in [0.1, 0.15) is 11.6 Å². The van der Waals surface area contributed by atoms with Gasteiger partial charge in [-0.3, -0.25) is 4.79 Å². The first kappa shape index (κ1) is 11.9.